The lowest BCUT2D eigenvalue weighted by molar-refractivity contribution is -0.162. The average Bonchev–Trinajstić information content (AvgIpc) is 2.00. The summed E-state index contributed by atoms with van der Waals surface area (Å²) in [6, 6.07) is 0. The number of hydrogen-bond acceptors (Lipinski definition) is 5. The number of ether oxygens (including phenoxy) is 1. The van der Waals surface area contributed by atoms with Crippen molar-refractivity contribution < 1.29 is 30.0 Å². The fourth-order valence-electron chi connectivity index (χ4n) is 0.838. The Bertz CT molecular complexity index is 222. The third kappa shape index (κ3) is 1.34. The first-order valence-electron chi connectivity index (χ1n) is 3.17. The van der Waals surface area contributed by atoms with E-state index in [0.29, 0.717) is 6.26 Å². The van der Waals surface area contributed by atoms with E-state index < -0.39 is 30.0 Å². The smallest absolute Gasteiger partial charge is 0.347 e. The minimum atomic E-state index is -1.65. The van der Waals surface area contributed by atoms with Gasteiger partial charge in [0.25, 0.3) is 0 Å². The minimum absolute atomic E-state index is 0.583. The van der Waals surface area contributed by atoms with Gasteiger partial charge in [0.05, 0.1) is 0 Å². The number of rotatable bonds is 1. The molecule has 1 rings (SSSR count). The number of hydrogen-bond donors (Lipinski definition) is 4. The Balaban J connectivity index is 2.80. The van der Waals surface area contributed by atoms with Crippen LogP contribution in [0.5, 0.6) is 0 Å². The Morgan fingerprint density at radius 2 is 2.08 bits per heavy atom. The van der Waals surface area contributed by atoms with Gasteiger partial charge in [0, 0.05) is 0 Å². The van der Waals surface area contributed by atoms with Crippen LogP contribution in [0.3, 0.4) is 0 Å². The van der Waals surface area contributed by atoms with E-state index in [4.69, 9.17) is 20.4 Å². The summed E-state index contributed by atoms with van der Waals surface area (Å²) in [6.07, 6.45) is -4.07. The van der Waals surface area contributed by atoms with Gasteiger partial charge in [-0.25, -0.2) is 4.79 Å². The molecule has 3 atom stereocenters. The van der Waals surface area contributed by atoms with Gasteiger partial charge in [0.1, 0.15) is 18.5 Å². The first-order chi connectivity index (χ1) is 5.54. The summed E-state index contributed by atoms with van der Waals surface area (Å²) < 4.78 is 4.41. The van der Waals surface area contributed by atoms with Gasteiger partial charge in [-0.05, 0) is 0 Å². The molecule has 0 bridgehead atoms. The third-order valence-corrected chi connectivity index (χ3v) is 1.52. The van der Waals surface area contributed by atoms with Crippen LogP contribution in [0.15, 0.2) is 12.0 Å². The maximum absolute atomic E-state index is 10.3. The molecular weight excluding hydrogens is 168 g/mol. The van der Waals surface area contributed by atoms with Crippen LogP contribution in [-0.4, -0.2) is 44.7 Å². The average molecular weight is 176 g/mol. The van der Waals surface area contributed by atoms with Crippen LogP contribution in [-0.2, 0) is 9.53 Å². The molecule has 0 aromatic carbocycles. The second-order valence-corrected chi connectivity index (χ2v) is 2.37. The zero-order valence-corrected chi connectivity index (χ0v) is 5.91. The van der Waals surface area contributed by atoms with Gasteiger partial charge in [-0.1, -0.05) is 0 Å². The molecular formula is C6H8O6. The van der Waals surface area contributed by atoms with Crippen LogP contribution in [0.1, 0.15) is 0 Å². The Morgan fingerprint density at radius 1 is 1.50 bits per heavy atom. The normalized spacial score (nSPS) is 35.2. The van der Waals surface area contributed by atoms with E-state index in [9.17, 15) is 4.79 Å². The lowest BCUT2D eigenvalue weighted by atomic mass is 10.1. The summed E-state index contributed by atoms with van der Waals surface area (Å²) in [4.78, 5) is 10.3. The molecule has 12 heavy (non-hydrogen) atoms. The molecule has 0 spiro atoms. The van der Waals surface area contributed by atoms with E-state index in [-0.39, 0.29) is 0 Å². The first kappa shape index (κ1) is 8.82. The van der Waals surface area contributed by atoms with E-state index in [1.165, 1.54) is 0 Å². The van der Waals surface area contributed by atoms with Gasteiger partial charge in [-0.2, -0.15) is 0 Å². The molecule has 1 aliphatic heterocycles. The van der Waals surface area contributed by atoms with Crippen LogP contribution in [0.4, 0.5) is 0 Å². The van der Waals surface area contributed by atoms with Crippen molar-refractivity contribution in [2.24, 2.45) is 0 Å². The molecule has 0 aliphatic carbocycles. The van der Waals surface area contributed by atoms with Crippen molar-refractivity contribution in [2.45, 2.75) is 18.3 Å². The Morgan fingerprint density at radius 3 is 2.58 bits per heavy atom. The van der Waals surface area contributed by atoms with E-state index >= 15 is 0 Å². The summed E-state index contributed by atoms with van der Waals surface area (Å²) >= 11 is 0. The Kier molecular flexibility index (Phi) is 2.20. The summed E-state index contributed by atoms with van der Waals surface area (Å²) in [5, 5.41) is 35.2. The van der Waals surface area contributed by atoms with Crippen LogP contribution in [0, 0.1) is 0 Å². The maximum atomic E-state index is 10.3. The monoisotopic (exact) mass is 176 g/mol. The molecule has 0 saturated carbocycles. The molecule has 0 aromatic heterocycles. The van der Waals surface area contributed by atoms with Gasteiger partial charge in [-0.3, -0.25) is 0 Å². The topological polar surface area (TPSA) is 107 Å². The van der Waals surface area contributed by atoms with Crippen molar-refractivity contribution in [3.05, 3.63) is 12.0 Å². The van der Waals surface area contributed by atoms with Gasteiger partial charge in [-0.15, -0.1) is 0 Å². The molecule has 0 saturated heterocycles. The predicted molar refractivity (Wildman–Crippen MR) is 35.2 cm³/mol. The molecule has 4 N–H and O–H groups in total. The SMILES string of the molecule is O=C(O)C1OC=C(O)C(O)C1O. The third-order valence-electron chi connectivity index (χ3n) is 1.52. The molecule has 0 aromatic rings. The largest absolute Gasteiger partial charge is 0.506 e. The quantitative estimate of drug-likeness (QED) is 0.391. The lowest BCUT2D eigenvalue weighted by Gasteiger charge is -2.26. The second kappa shape index (κ2) is 3.00. The molecule has 6 heteroatoms. The molecule has 0 amide bonds. The maximum Gasteiger partial charge on any atom is 0.347 e. The summed E-state index contributed by atoms with van der Waals surface area (Å²) in [5.41, 5.74) is 0. The van der Waals surface area contributed by atoms with Crippen molar-refractivity contribution >= 4 is 5.97 Å². The van der Waals surface area contributed by atoms with Crippen LogP contribution in [0.25, 0.3) is 0 Å². The molecule has 68 valence electrons. The molecule has 0 radical (unpaired) electrons. The van der Waals surface area contributed by atoms with Gasteiger partial charge < -0.3 is 25.2 Å². The summed E-state index contributed by atoms with van der Waals surface area (Å²) in [7, 11) is 0. The fraction of sp³-hybridized carbons (Fsp3) is 0.500. The Hall–Kier alpha value is -1.27. The Labute approximate surface area is 67.3 Å². The lowest BCUT2D eigenvalue weighted by Crippen LogP contribution is -2.46. The highest BCUT2D eigenvalue weighted by Crippen LogP contribution is 2.16. The molecule has 1 aliphatic rings. The number of carboxylic acids is 1. The van der Waals surface area contributed by atoms with E-state index in [2.05, 4.69) is 4.74 Å². The number of carbonyl (C=O) groups is 1. The standard InChI is InChI=1S/C6H8O6/c7-2-1-12-5(6(10)11)4(9)3(2)8/h1,3-5,7-9H,(H,10,11). The molecule has 0 fully saturated rings. The van der Waals surface area contributed by atoms with Crippen molar-refractivity contribution in [2.75, 3.05) is 0 Å². The molecule has 1 heterocycles. The highest BCUT2D eigenvalue weighted by atomic mass is 16.5. The molecule has 6 nitrogen and oxygen atoms in total. The second-order valence-electron chi connectivity index (χ2n) is 2.37. The number of aliphatic carboxylic acids is 1. The summed E-state index contributed by atoms with van der Waals surface area (Å²) in [5.74, 6) is -1.98. The molecule has 3 unspecified atom stereocenters. The zero-order chi connectivity index (χ0) is 9.30. The van der Waals surface area contributed by atoms with Gasteiger partial charge in [0.2, 0.25) is 6.10 Å². The van der Waals surface area contributed by atoms with Crippen molar-refractivity contribution in [1.29, 1.82) is 0 Å². The van der Waals surface area contributed by atoms with Crippen molar-refractivity contribution in [3.8, 4) is 0 Å². The number of carboxylic acid groups (broad SMARTS) is 1. The predicted octanol–water partition coefficient (Wildman–Crippen LogP) is -1.41. The van der Waals surface area contributed by atoms with E-state index in [1.54, 1.807) is 0 Å². The van der Waals surface area contributed by atoms with Crippen LogP contribution >= 0.6 is 0 Å². The fourth-order valence-corrected chi connectivity index (χ4v) is 0.838. The van der Waals surface area contributed by atoms with Gasteiger partial charge in [0.15, 0.2) is 5.76 Å². The highest BCUT2D eigenvalue weighted by molar-refractivity contribution is 5.73. The zero-order valence-electron chi connectivity index (χ0n) is 5.91. The summed E-state index contributed by atoms with van der Waals surface area (Å²) in [6.45, 7) is 0. The van der Waals surface area contributed by atoms with Crippen molar-refractivity contribution in [1.82, 2.24) is 0 Å². The number of aliphatic hydroxyl groups excluding tert-OH is 3. The van der Waals surface area contributed by atoms with Gasteiger partial charge >= 0.3 is 5.97 Å². The first-order valence-corrected chi connectivity index (χ1v) is 3.17. The number of aliphatic hydroxyl groups is 3. The van der Waals surface area contributed by atoms with E-state index in [0.717, 1.165) is 0 Å². The van der Waals surface area contributed by atoms with Crippen LogP contribution in [0.2, 0.25) is 0 Å². The highest BCUT2D eigenvalue weighted by Gasteiger charge is 2.38. The van der Waals surface area contributed by atoms with E-state index in [1.807, 2.05) is 0 Å². The van der Waals surface area contributed by atoms with Crippen molar-refractivity contribution in [3.63, 3.8) is 0 Å². The van der Waals surface area contributed by atoms with Crippen LogP contribution < -0.4 is 0 Å². The minimum Gasteiger partial charge on any atom is -0.506 e.